The van der Waals surface area contributed by atoms with Gasteiger partial charge in [-0.15, -0.1) is 11.3 Å². The molecule has 0 spiro atoms. The van der Waals surface area contributed by atoms with Crippen LogP contribution in [0.5, 0.6) is 0 Å². The van der Waals surface area contributed by atoms with Crippen molar-refractivity contribution in [2.45, 2.75) is 32.7 Å². The van der Waals surface area contributed by atoms with E-state index in [2.05, 4.69) is 12.3 Å². The number of thiophene rings is 1. The molecule has 1 unspecified atom stereocenters. The number of aryl methyl sites for hydroxylation is 1. The Morgan fingerprint density at radius 1 is 1.25 bits per heavy atom. The number of nitrogens with zero attached hydrogens (tertiary/aromatic N) is 1. The van der Waals surface area contributed by atoms with Crippen LogP contribution in [0.4, 0.5) is 0 Å². The molecular formula is C19H19NO3S. The number of fused-ring (bicyclic) bond motifs is 1. The fourth-order valence-corrected chi connectivity index (χ4v) is 4.10. The molecule has 2 heterocycles. The number of carbonyl (C=O) groups is 2. The van der Waals surface area contributed by atoms with Crippen LogP contribution in [-0.2, 0) is 11.2 Å². The molecule has 0 saturated heterocycles. The van der Waals surface area contributed by atoms with E-state index < -0.39 is 12.0 Å². The van der Waals surface area contributed by atoms with Gasteiger partial charge < -0.3 is 9.67 Å². The molecule has 0 aliphatic rings. The number of benzene rings is 1. The Morgan fingerprint density at radius 2 is 1.96 bits per heavy atom. The molecule has 1 aromatic carbocycles. The van der Waals surface area contributed by atoms with Gasteiger partial charge in [-0.25, -0.2) is 4.79 Å². The van der Waals surface area contributed by atoms with Crippen molar-refractivity contribution < 1.29 is 14.7 Å². The Kier molecular flexibility index (Phi) is 4.53. The van der Waals surface area contributed by atoms with Crippen LogP contribution >= 0.6 is 11.3 Å². The van der Waals surface area contributed by atoms with Gasteiger partial charge in [-0.2, -0.15) is 0 Å². The molecule has 1 atom stereocenters. The number of hydrogen-bond acceptors (Lipinski definition) is 3. The lowest BCUT2D eigenvalue weighted by atomic mass is 10.1. The number of aliphatic carboxylic acids is 1. The molecule has 124 valence electrons. The van der Waals surface area contributed by atoms with Crippen molar-refractivity contribution in [2.24, 2.45) is 0 Å². The number of carboxylic acid groups (broad SMARTS) is 1. The van der Waals surface area contributed by atoms with Gasteiger partial charge in [-0.05, 0) is 30.4 Å². The summed E-state index contributed by atoms with van der Waals surface area (Å²) in [7, 11) is 0. The third-order valence-corrected chi connectivity index (χ3v) is 5.22. The van der Waals surface area contributed by atoms with Gasteiger partial charge in [0.15, 0.2) is 0 Å². The minimum atomic E-state index is -0.944. The van der Waals surface area contributed by atoms with Crippen molar-refractivity contribution in [3.05, 3.63) is 58.6 Å². The second kappa shape index (κ2) is 6.61. The van der Waals surface area contributed by atoms with Crippen LogP contribution in [0, 0.1) is 0 Å². The lowest BCUT2D eigenvalue weighted by Crippen LogP contribution is -2.19. The van der Waals surface area contributed by atoms with Crippen molar-refractivity contribution >= 4 is 33.3 Å². The first-order chi connectivity index (χ1) is 11.5. The first kappa shape index (κ1) is 16.5. The van der Waals surface area contributed by atoms with Gasteiger partial charge in [0.25, 0.3) is 0 Å². The second-order valence-corrected chi connectivity index (χ2v) is 6.70. The zero-order valence-corrected chi connectivity index (χ0v) is 14.5. The van der Waals surface area contributed by atoms with E-state index in [1.165, 1.54) is 16.9 Å². The Balaban J connectivity index is 2.20. The van der Waals surface area contributed by atoms with Crippen LogP contribution in [0.3, 0.4) is 0 Å². The van der Waals surface area contributed by atoms with Gasteiger partial charge in [0.05, 0.1) is 5.69 Å². The molecule has 0 saturated carbocycles. The van der Waals surface area contributed by atoms with Gasteiger partial charge in [-0.3, -0.25) is 4.79 Å². The lowest BCUT2D eigenvalue weighted by molar-refractivity contribution is -0.140. The molecule has 1 N–H and O–H groups in total. The molecule has 0 radical (unpaired) electrons. The predicted molar refractivity (Wildman–Crippen MR) is 96.0 cm³/mol. The zero-order valence-electron chi connectivity index (χ0n) is 13.7. The molecule has 0 aliphatic carbocycles. The van der Waals surface area contributed by atoms with Crippen molar-refractivity contribution in [1.82, 2.24) is 4.57 Å². The molecule has 2 aromatic heterocycles. The van der Waals surface area contributed by atoms with Crippen molar-refractivity contribution in [1.29, 1.82) is 0 Å². The molecule has 4 nitrogen and oxygen atoms in total. The summed E-state index contributed by atoms with van der Waals surface area (Å²) in [6.45, 7) is 3.72. The van der Waals surface area contributed by atoms with Crippen LogP contribution in [0.2, 0.25) is 0 Å². The second-order valence-electron chi connectivity index (χ2n) is 5.84. The summed E-state index contributed by atoms with van der Waals surface area (Å²) in [5, 5.41) is 12.5. The number of ketones is 1. The highest BCUT2D eigenvalue weighted by molar-refractivity contribution is 7.17. The summed E-state index contributed by atoms with van der Waals surface area (Å²) >= 11 is 1.51. The van der Waals surface area contributed by atoms with Gasteiger partial charge in [0.1, 0.15) is 10.9 Å². The van der Waals surface area contributed by atoms with Crippen molar-refractivity contribution in [3.8, 4) is 0 Å². The molecule has 24 heavy (non-hydrogen) atoms. The summed E-state index contributed by atoms with van der Waals surface area (Å²) in [5.41, 5.74) is 2.18. The maximum Gasteiger partial charge on any atom is 0.326 e. The average Bonchev–Trinajstić information content (AvgIpc) is 3.14. The first-order valence-corrected chi connectivity index (χ1v) is 8.86. The Morgan fingerprint density at radius 3 is 2.58 bits per heavy atom. The summed E-state index contributed by atoms with van der Waals surface area (Å²) in [6, 6.07) is 10.0. The minimum absolute atomic E-state index is 0.144. The van der Waals surface area contributed by atoms with Gasteiger partial charge in [-0.1, -0.05) is 43.7 Å². The summed E-state index contributed by atoms with van der Waals surface area (Å²) < 4.78 is 1.66. The van der Waals surface area contributed by atoms with Gasteiger partial charge >= 0.3 is 5.97 Å². The number of rotatable bonds is 6. The topological polar surface area (TPSA) is 59.3 Å². The SMILES string of the molecule is CCCc1csc2c1cc(C(=O)c1ccccc1)n2C(C)C(=O)O. The van der Waals surface area contributed by atoms with Crippen LogP contribution in [0.25, 0.3) is 10.2 Å². The summed E-state index contributed by atoms with van der Waals surface area (Å²) in [6.07, 6.45) is 1.93. The third kappa shape index (κ3) is 2.76. The molecule has 0 aliphatic heterocycles. The molecular weight excluding hydrogens is 322 g/mol. The average molecular weight is 341 g/mol. The zero-order chi connectivity index (χ0) is 17.3. The minimum Gasteiger partial charge on any atom is -0.480 e. The molecule has 0 amide bonds. The van der Waals surface area contributed by atoms with Gasteiger partial charge in [0.2, 0.25) is 5.78 Å². The standard InChI is InChI=1S/C19H19NO3S/c1-3-7-14-11-24-18-15(14)10-16(20(18)12(2)19(22)23)17(21)13-8-5-4-6-9-13/h4-6,8-12H,3,7H2,1-2H3,(H,22,23). The van der Waals surface area contributed by atoms with Crippen LogP contribution in [0.1, 0.15) is 47.9 Å². The fourth-order valence-electron chi connectivity index (χ4n) is 2.92. The van der Waals surface area contributed by atoms with E-state index in [0.717, 1.165) is 23.1 Å². The Bertz CT molecular complexity index is 892. The van der Waals surface area contributed by atoms with E-state index in [9.17, 15) is 14.7 Å². The first-order valence-electron chi connectivity index (χ1n) is 7.98. The maximum atomic E-state index is 12.9. The van der Waals surface area contributed by atoms with E-state index in [4.69, 9.17) is 0 Å². The van der Waals surface area contributed by atoms with E-state index in [-0.39, 0.29) is 5.78 Å². The lowest BCUT2D eigenvalue weighted by Gasteiger charge is -2.13. The van der Waals surface area contributed by atoms with E-state index >= 15 is 0 Å². The maximum absolute atomic E-state index is 12.9. The smallest absolute Gasteiger partial charge is 0.326 e. The van der Waals surface area contributed by atoms with Crippen molar-refractivity contribution in [3.63, 3.8) is 0 Å². The molecule has 0 bridgehead atoms. The van der Waals surface area contributed by atoms with Crippen LogP contribution in [0.15, 0.2) is 41.8 Å². The molecule has 3 aromatic rings. The van der Waals surface area contributed by atoms with Gasteiger partial charge in [0, 0.05) is 10.9 Å². The summed E-state index contributed by atoms with van der Waals surface area (Å²) in [5.74, 6) is -1.09. The third-order valence-electron chi connectivity index (χ3n) is 4.18. The Hall–Kier alpha value is -2.40. The number of carbonyl (C=O) groups excluding carboxylic acids is 1. The van der Waals surface area contributed by atoms with E-state index in [0.29, 0.717) is 11.3 Å². The number of hydrogen-bond donors (Lipinski definition) is 1. The Labute approximate surface area is 144 Å². The highest BCUT2D eigenvalue weighted by Gasteiger charge is 2.25. The number of aromatic nitrogens is 1. The molecule has 3 rings (SSSR count). The molecule has 5 heteroatoms. The molecule has 0 fully saturated rings. The fraction of sp³-hybridized carbons (Fsp3) is 0.263. The quantitative estimate of drug-likeness (QED) is 0.670. The monoisotopic (exact) mass is 341 g/mol. The predicted octanol–water partition coefficient (Wildman–Crippen LogP) is 4.53. The number of carboxylic acids is 1. The van der Waals surface area contributed by atoms with Crippen LogP contribution < -0.4 is 0 Å². The van der Waals surface area contributed by atoms with E-state index in [1.54, 1.807) is 23.6 Å². The highest BCUT2D eigenvalue weighted by atomic mass is 32.1. The summed E-state index contributed by atoms with van der Waals surface area (Å²) in [4.78, 5) is 25.3. The largest absolute Gasteiger partial charge is 0.480 e. The van der Waals surface area contributed by atoms with Crippen LogP contribution in [-0.4, -0.2) is 21.4 Å². The highest BCUT2D eigenvalue weighted by Crippen LogP contribution is 2.34. The van der Waals surface area contributed by atoms with E-state index in [1.807, 2.05) is 24.3 Å². The normalized spacial score (nSPS) is 12.4. The van der Waals surface area contributed by atoms with Crippen molar-refractivity contribution in [2.75, 3.05) is 0 Å².